The molecule has 0 atom stereocenters. The minimum absolute atomic E-state index is 0.0693. The van der Waals surface area contributed by atoms with Crippen molar-refractivity contribution >= 4 is 21.6 Å². The summed E-state index contributed by atoms with van der Waals surface area (Å²) in [7, 11) is -2.46. The van der Waals surface area contributed by atoms with Crippen molar-refractivity contribution in [2.75, 3.05) is 31.1 Å². The van der Waals surface area contributed by atoms with Crippen molar-refractivity contribution in [1.29, 1.82) is 0 Å². The number of nitrogens with one attached hydrogen (secondary N) is 1. The lowest BCUT2D eigenvalue weighted by atomic mass is 10.1. The van der Waals surface area contributed by atoms with Gasteiger partial charge in [0.1, 0.15) is 24.7 Å². The molecule has 1 amide bonds. The maximum atomic E-state index is 13.3. The molecule has 0 unspecified atom stereocenters. The molecule has 0 fully saturated rings. The van der Waals surface area contributed by atoms with Gasteiger partial charge in [0.05, 0.1) is 24.2 Å². The molecule has 0 aliphatic rings. The lowest BCUT2D eigenvalue weighted by Gasteiger charge is -2.24. The van der Waals surface area contributed by atoms with E-state index in [1.807, 2.05) is 24.3 Å². The van der Waals surface area contributed by atoms with Crippen LogP contribution in [0.1, 0.15) is 18.9 Å². The van der Waals surface area contributed by atoms with Crippen LogP contribution in [0.25, 0.3) is 0 Å². The highest BCUT2D eigenvalue weighted by Crippen LogP contribution is 2.24. The number of anilines is 1. The van der Waals surface area contributed by atoms with Crippen LogP contribution in [0.15, 0.2) is 83.8 Å². The molecule has 1 N–H and O–H groups in total. The van der Waals surface area contributed by atoms with Crippen molar-refractivity contribution in [2.24, 2.45) is 0 Å². The quantitative estimate of drug-likeness (QED) is 0.394. The van der Waals surface area contributed by atoms with Crippen LogP contribution < -0.4 is 19.1 Å². The van der Waals surface area contributed by atoms with Crippen LogP contribution in [0, 0.1) is 0 Å². The highest BCUT2D eigenvalue weighted by molar-refractivity contribution is 7.92. The van der Waals surface area contributed by atoms with Gasteiger partial charge in [0.25, 0.3) is 10.0 Å². The van der Waals surface area contributed by atoms with E-state index >= 15 is 0 Å². The second kappa shape index (κ2) is 12.1. The van der Waals surface area contributed by atoms with Gasteiger partial charge in [-0.1, -0.05) is 43.7 Å². The van der Waals surface area contributed by atoms with Crippen LogP contribution in [0.5, 0.6) is 11.5 Å². The van der Waals surface area contributed by atoms with Crippen LogP contribution in [0.4, 0.5) is 5.69 Å². The molecule has 0 heterocycles. The fraction of sp³-hybridized carbons (Fsp3) is 0.269. The number of nitrogens with zero attached hydrogens (tertiary/aromatic N) is 1. The summed E-state index contributed by atoms with van der Waals surface area (Å²) in [5.74, 6) is 0.841. The van der Waals surface area contributed by atoms with Crippen molar-refractivity contribution in [2.45, 2.75) is 24.7 Å². The Morgan fingerprint density at radius 2 is 1.56 bits per heavy atom. The summed E-state index contributed by atoms with van der Waals surface area (Å²) in [6.45, 7) is 2.30. The Morgan fingerprint density at radius 1 is 0.912 bits per heavy atom. The van der Waals surface area contributed by atoms with E-state index in [-0.39, 0.29) is 24.6 Å². The fourth-order valence-corrected chi connectivity index (χ4v) is 4.79. The Morgan fingerprint density at radius 3 is 2.18 bits per heavy atom. The monoisotopic (exact) mass is 482 g/mol. The molecule has 7 nitrogen and oxygen atoms in total. The molecular weight excluding hydrogens is 452 g/mol. The fourth-order valence-electron chi connectivity index (χ4n) is 3.37. The van der Waals surface area contributed by atoms with Gasteiger partial charge in [-0.25, -0.2) is 8.42 Å². The molecule has 3 rings (SSSR count). The molecule has 3 aromatic rings. The smallest absolute Gasteiger partial charge is 0.264 e. The van der Waals surface area contributed by atoms with Gasteiger partial charge in [-0.15, -0.1) is 0 Å². The number of ether oxygens (including phenoxy) is 2. The third kappa shape index (κ3) is 6.74. The zero-order valence-electron chi connectivity index (χ0n) is 19.4. The summed E-state index contributed by atoms with van der Waals surface area (Å²) in [6, 6.07) is 22.5. The number of benzene rings is 3. The first-order valence-electron chi connectivity index (χ1n) is 11.1. The van der Waals surface area contributed by atoms with E-state index in [0.717, 1.165) is 22.9 Å². The molecule has 0 saturated heterocycles. The average Bonchev–Trinajstić information content (AvgIpc) is 2.87. The van der Waals surface area contributed by atoms with Crippen molar-refractivity contribution in [1.82, 2.24) is 5.32 Å². The number of sulfonamides is 1. The predicted octanol–water partition coefficient (Wildman–Crippen LogP) is 4.04. The first kappa shape index (κ1) is 25.1. The molecule has 0 aromatic heterocycles. The molecule has 0 aliphatic heterocycles. The molecule has 8 heteroatoms. The van der Waals surface area contributed by atoms with Gasteiger partial charge in [-0.2, -0.15) is 0 Å². The number of carbonyl (C=O) groups excluding carboxylic acids is 1. The Labute approximate surface area is 201 Å². The van der Waals surface area contributed by atoms with Crippen LogP contribution in [0.3, 0.4) is 0 Å². The normalized spacial score (nSPS) is 11.0. The second-order valence-electron chi connectivity index (χ2n) is 7.62. The first-order chi connectivity index (χ1) is 16.4. The number of hydrogen-bond donors (Lipinski definition) is 1. The minimum atomic E-state index is -3.97. The summed E-state index contributed by atoms with van der Waals surface area (Å²) < 4.78 is 38.6. The third-order valence-electron chi connectivity index (χ3n) is 5.13. The first-order valence-corrected chi connectivity index (χ1v) is 12.6. The third-order valence-corrected chi connectivity index (χ3v) is 6.92. The maximum Gasteiger partial charge on any atom is 0.264 e. The number of para-hydroxylation sites is 1. The van der Waals surface area contributed by atoms with Crippen molar-refractivity contribution in [3.8, 4) is 11.5 Å². The van der Waals surface area contributed by atoms with E-state index in [9.17, 15) is 13.2 Å². The van der Waals surface area contributed by atoms with E-state index in [1.165, 1.54) is 24.8 Å². The molecule has 3 aromatic carbocycles. The number of hydrogen-bond acceptors (Lipinski definition) is 5. The molecule has 0 bridgehead atoms. The van der Waals surface area contributed by atoms with E-state index in [4.69, 9.17) is 9.47 Å². The highest BCUT2D eigenvalue weighted by atomic mass is 32.2. The van der Waals surface area contributed by atoms with Crippen LogP contribution in [0.2, 0.25) is 0 Å². The largest absolute Gasteiger partial charge is 0.497 e. The Bertz CT molecular complexity index is 1150. The molecule has 0 aliphatic carbocycles. The van der Waals surface area contributed by atoms with Crippen molar-refractivity contribution < 1.29 is 22.7 Å². The van der Waals surface area contributed by atoms with Crippen molar-refractivity contribution in [3.05, 3.63) is 84.4 Å². The molecule has 0 saturated carbocycles. The molecule has 0 radical (unpaired) electrons. The number of methoxy groups -OCH3 is 1. The SMILES string of the molecule is CCCc1ccc(OCCNC(=O)CN(c2ccccc2)S(=O)(=O)c2ccc(OC)cc2)cc1. The lowest BCUT2D eigenvalue weighted by molar-refractivity contribution is -0.119. The predicted molar refractivity (Wildman–Crippen MR) is 133 cm³/mol. The van der Waals surface area contributed by atoms with Crippen LogP contribution >= 0.6 is 0 Å². The van der Waals surface area contributed by atoms with Crippen LogP contribution in [-0.4, -0.2) is 41.1 Å². The number of carbonyl (C=O) groups is 1. The molecular formula is C26H30N2O5S. The van der Waals surface area contributed by atoms with E-state index < -0.39 is 15.9 Å². The number of rotatable bonds is 12. The van der Waals surface area contributed by atoms with E-state index in [2.05, 4.69) is 12.2 Å². The van der Waals surface area contributed by atoms with Gasteiger partial charge < -0.3 is 14.8 Å². The summed E-state index contributed by atoms with van der Waals surface area (Å²) in [6.07, 6.45) is 2.11. The summed E-state index contributed by atoms with van der Waals surface area (Å²) in [5, 5.41) is 2.74. The van der Waals surface area contributed by atoms with E-state index in [1.54, 1.807) is 42.5 Å². The standard InChI is InChI=1S/C26H30N2O5S/c1-3-7-21-10-12-24(13-11-21)33-19-18-27-26(29)20-28(22-8-5-4-6-9-22)34(30,31)25-16-14-23(32-2)15-17-25/h4-6,8-17H,3,7,18-20H2,1-2H3,(H,27,29). The topological polar surface area (TPSA) is 84.9 Å². The van der Waals surface area contributed by atoms with Gasteiger partial charge in [-0.3, -0.25) is 9.10 Å². The van der Waals surface area contributed by atoms with E-state index in [0.29, 0.717) is 11.4 Å². The highest BCUT2D eigenvalue weighted by Gasteiger charge is 2.27. The van der Waals surface area contributed by atoms with Crippen LogP contribution in [-0.2, 0) is 21.2 Å². The lowest BCUT2D eigenvalue weighted by Crippen LogP contribution is -2.41. The Balaban J connectivity index is 1.62. The summed E-state index contributed by atoms with van der Waals surface area (Å²) >= 11 is 0. The Kier molecular flexibility index (Phi) is 8.93. The van der Waals surface area contributed by atoms with Gasteiger partial charge >= 0.3 is 0 Å². The number of amides is 1. The average molecular weight is 483 g/mol. The molecule has 34 heavy (non-hydrogen) atoms. The summed E-state index contributed by atoms with van der Waals surface area (Å²) in [4.78, 5) is 12.7. The molecule has 180 valence electrons. The van der Waals surface area contributed by atoms with Gasteiger partial charge in [0.15, 0.2) is 0 Å². The number of aryl methyl sites for hydroxylation is 1. The minimum Gasteiger partial charge on any atom is -0.497 e. The molecule has 0 spiro atoms. The van der Waals surface area contributed by atoms with Gasteiger partial charge in [-0.05, 0) is 60.5 Å². The van der Waals surface area contributed by atoms with Gasteiger partial charge in [0, 0.05) is 0 Å². The Hall–Kier alpha value is -3.52. The second-order valence-corrected chi connectivity index (χ2v) is 9.48. The van der Waals surface area contributed by atoms with Gasteiger partial charge in [0.2, 0.25) is 5.91 Å². The zero-order valence-corrected chi connectivity index (χ0v) is 20.3. The zero-order chi connectivity index (χ0) is 24.4. The maximum absolute atomic E-state index is 13.3. The van der Waals surface area contributed by atoms with Crippen molar-refractivity contribution in [3.63, 3.8) is 0 Å². The summed E-state index contributed by atoms with van der Waals surface area (Å²) in [5.41, 5.74) is 1.65.